The normalized spacial score (nSPS) is 12.9. The van der Waals surface area contributed by atoms with Gasteiger partial charge in [-0.25, -0.2) is 0 Å². The molecule has 3 amide bonds. The monoisotopic (exact) mass is 388 g/mol. The minimum absolute atomic E-state index is 0.0672. The molecule has 3 aromatic rings. The molecule has 0 radical (unpaired) electrons. The second-order valence-corrected chi connectivity index (χ2v) is 6.84. The van der Waals surface area contributed by atoms with Crippen molar-refractivity contribution in [3.05, 3.63) is 94.9 Å². The zero-order valence-electron chi connectivity index (χ0n) is 16.0. The number of hydrogen-bond acceptors (Lipinski definition) is 4. The molecule has 29 heavy (non-hydrogen) atoms. The van der Waals surface area contributed by atoms with E-state index in [0.717, 1.165) is 10.5 Å². The number of carbonyl (C=O) groups excluding carboxylic acids is 3. The van der Waals surface area contributed by atoms with Gasteiger partial charge in [0.1, 0.15) is 5.76 Å². The smallest absolute Gasteiger partial charge is 0.261 e. The molecule has 1 aromatic heterocycles. The molecule has 0 bridgehead atoms. The lowest BCUT2D eigenvalue weighted by Crippen LogP contribution is -2.30. The summed E-state index contributed by atoms with van der Waals surface area (Å²) in [5, 5.41) is 0. The maximum atomic E-state index is 13.0. The molecule has 0 unspecified atom stereocenters. The first-order chi connectivity index (χ1) is 14.1. The molecule has 0 atom stereocenters. The van der Waals surface area contributed by atoms with Gasteiger partial charge in [0.2, 0.25) is 0 Å². The third-order valence-electron chi connectivity index (χ3n) is 5.00. The molecule has 1 aliphatic rings. The Morgan fingerprint density at radius 2 is 1.72 bits per heavy atom. The highest BCUT2D eigenvalue weighted by Gasteiger charge is 2.36. The van der Waals surface area contributed by atoms with E-state index in [9.17, 15) is 14.4 Å². The lowest BCUT2D eigenvalue weighted by Gasteiger charge is -2.21. The Morgan fingerprint density at radius 1 is 0.966 bits per heavy atom. The molecule has 6 nitrogen and oxygen atoms in total. The van der Waals surface area contributed by atoms with Gasteiger partial charge in [-0.15, -0.1) is 0 Å². The fourth-order valence-corrected chi connectivity index (χ4v) is 3.44. The van der Waals surface area contributed by atoms with Crippen LogP contribution in [0.25, 0.3) is 0 Å². The average molecular weight is 388 g/mol. The van der Waals surface area contributed by atoms with Crippen molar-refractivity contribution in [1.82, 2.24) is 9.80 Å². The molecule has 0 saturated heterocycles. The van der Waals surface area contributed by atoms with E-state index in [1.54, 1.807) is 29.2 Å². The predicted molar refractivity (Wildman–Crippen MR) is 106 cm³/mol. The third-order valence-corrected chi connectivity index (χ3v) is 5.00. The summed E-state index contributed by atoms with van der Waals surface area (Å²) in [4.78, 5) is 41.2. The van der Waals surface area contributed by atoms with Crippen molar-refractivity contribution in [2.45, 2.75) is 20.0 Å². The van der Waals surface area contributed by atoms with Gasteiger partial charge >= 0.3 is 0 Å². The van der Waals surface area contributed by atoms with Gasteiger partial charge in [0.15, 0.2) is 0 Å². The molecule has 4 rings (SSSR count). The summed E-state index contributed by atoms with van der Waals surface area (Å²) in [5.41, 5.74) is 1.98. The van der Waals surface area contributed by atoms with Crippen molar-refractivity contribution in [3.63, 3.8) is 0 Å². The van der Waals surface area contributed by atoms with Crippen molar-refractivity contribution >= 4 is 17.7 Å². The van der Waals surface area contributed by atoms with Crippen LogP contribution >= 0.6 is 0 Å². The van der Waals surface area contributed by atoms with E-state index in [1.165, 1.54) is 12.3 Å². The summed E-state index contributed by atoms with van der Waals surface area (Å²) in [5.74, 6) is -0.445. The fraction of sp³-hybridized carbons (Fsp3) is 0.174. The van der Waals surface area contributed by atoms with Gasteiger partial charge in [0.05, 0.1) is 23.9 Å². The van der Waals surface area contributed by atoms with Gasteiger partial charge in [-0.3, -0.25) is 19.3 Å². The number of carbonyl (C=O) groups is 3. The highest BCUT2D eigenvalue weighted by molar-refractivity contribution is 6.22. The Balaban J connectivity index is 1.57. The standard InChI is InChI=1S/C23H20N2O4/c1-2-24(14-16-7-4-3-5-8-16)21(26)17-10-11-19-20(13-17)23(28)25(22(19)27)15-18-9-6-12-29-18/h3-13H,2,14-15H2,1H3. The summed E-state index contributed by atoms with van der Waals surface area (Å²) in [6.45, 7) is 2.98. The summed E-state index contributed by atoms with van der Waals surface area (Å²) in [6.07, 6.45) is 1.50. The van der Waals surface area contributed by atoms with Gasteiger partial charge in [0.25, 0.3) is 17.7 Å². The molecule has 0 fully saturated rings. The van der Waals surface area contributed by atoms with E-state index < -0.39 is 5.91 Å². The maximum Gasteiger partial charge on any atom is 0.261 e. The number of furan rings is 1. The van der Waals surface area contributed by atoms with Crippen LogP contribution in [-0.4, -0.2) is 34.1 Å². The van der Waals surface area contributed by atoms with Crippen molar-refractivity contribution in [2.24, 2.45) is 0 Å². The minimum atomic E-state index is -0.415. The maximum absolute atomic E-state index is 13.0. The van der Waals surface area contributed by atoms with Gasteiger partial charge in [-0.1, -0.05) is 30.3 Å². The molecular weight excluding hydrogens is 368 g/mol. The van der Waals surface area contributed by atoms with E-state index in [0.29, 0.717) is 30.0 Å². The van der Waals surface area contributed by atoms with Gasteiger partial charge in [0, 0.05) is 18.7 Å². The Hall–Kier alpha value is -3.67. The Bertz CT molecular complexity index is 1060. The number of amides is 3. The number of imide groups is 1. The van der Waals surface area contributed by atoms with E-state index >= 15 is 0 Å². The molecule has 2 heterocycles. The van der Waals surface area contributed by atoms with Crippen molar-refractivity contribution in [2.75, 3.05) is 6.54 Å². The molecule has 2 aromatic carbocycles. The molecule has 0 spiro atoms. The first-order valence-electron chi connectivity index (χ1n) is 9.44. The largest absolute Gasteiger partial charge is 0.467 e. The Labute approximate surface area is 168 Å². The number of rotatable bonds is 6. The van der Waals surface area contributed by atoms with E-state index in [-0.39, 0.29) is 23.9 Å². The SMILES string of the molecule is CCN(Cc1ccccc1)C(=O)c1ccc2c(c1)C(=O)N(Cc1ccco1)C2=O. The first kappa shape index (κ1) is 18.7. The molecule has 0 aliphatic carbocycles. The predicted octanol–water partition coefficient (Wildman–Crippen LogP) is 3.74. The van der Waals surface area contributed by atoms with Crippen LogP contribution in [0.15, 0.2) is 71.3 Å². The van der Waals surface area contributed by atoms with Crippen molar-refractivity contribution in [1.29, 1.82) is 0 Å². The van der Waals surface area contributed by atoms with Crippen LogP contribution in [0.2, 0.25) is 0 Å². The van der Waals surface area contributed by atoms with E-state index in [2.05, 4.69) is 0 Å². The number of nitrogens with zero attached hydrogens (tertiary/aromatic N) is 2. The molecule has 1 aliphatic heterocycles. The van der Waals surface area contributed by atoms with Crippen LogP contribution in [0.3, 0.4) is 0 Å². The molecule has 146 valence electrons. The Kier molecular flexibility index (Phi) is 4.99. The lowest BCUT2D eigenvalue weighted by molar-refractivity contribution is 0.0631. The summed E-state index contributed by atoms with van der Waals surface area (Å²) < 4.78 is 5.25. The summed E-state index contributed by atoms with van der Waals surface area (Å²) in [7, 11) is 0. The second kappa shape index (κ2) is 7.75. The van der Waals surface area contributed by atoms with Crippen LogP contribution in [0.1, 0.15) is 49.3 Å². The number of benzene rings is 2. The number of hydrogen-bond donors (Lipinski definition) is 0. The van der Waals surface area contributed by atoms with Crippen LogP contribution in [0.5, 0.6) is 0 Å². The molecule has 0 N–H and O–H groups in total. The van der Waals surface area contributed by atoms with Crippen molar-refractivity contribution < 1.29 is 18.8 Å². The highest BCUT2D eigenvalue weighted by Crippen LogP contribution is 2.26. The minimum Gasteiger partial charge on any atom is -0.467 e. The Morgan fingerprint density at radius 3 is 2.41 bits per heavy atom. The zero-order chi connectivity index (χ0) is 20.4. The summed E-state index contributed by atoms with van der Waals surface area (Å²) >= 11 is 0. The van der Waals surface area contributed by atoms with Crippen LogP contribution in [0.4, 0.5) is 0 Å². The van der Waals surface area contributed by atoms with Crippen LogP contribution < -0.4 is 0 Å². The average Bonchev–Trinajstić information content (AvgIpc) is 3.35. The summed E-state index contributed by atoms with van der Waals surface area (Å²) in [6, 6.07) is 17.8. The van der Waals surface area contributed by atoms with Gasteiger partial charge in [-0.05, 0) is 42.8 Å². The second-order valence-electron chi connectivity index (χ2n) is 6.84. The highest BCUT2D eigenvalue weighted by atomic mass is 16.3. The number of fused-ring (bicyclic) bond motifs is 1. The lowest BCUT2D eigenvalue weighted by atomic mass is 10.0. The molecule has 0 saturated carbocycles. The molecule has 6 heteroatoms. The van der Waals surface area contributed by atoms with Crippen molar-refractivity contribution in [3.8, 4) is 0 Å². The van der Waals surface area contributed by atoms with E-state index in [1.807, 2.05) is 37.3 Å². The quantitative estimate of drug-likeness (QED) is 0.603. The third kappa shape index (κ3) is 3.57. The van der Waals surface area contributed by atoms with E-state index in [4.69, 9.17) is 4.42 Å². The van der Waals surface area contributed by atoms with Gasteiger partial charge < -0.3 is 9.32 Å². The topological polar surface area (TPSA) is 70.8 Å². The zero-order valence-corrected chi connectivity index (χ0v) is 16.0. The van der Waals surface area contributed by atoms with Gasteiger partial charge in [-0.2, -0.15) is 0 Å². The first-order valence-corrected chi connectivity index (χ1v) is 9.44. The van der Waals surface area contributed by atoms with Crippen LogP contribution in [-0.2, 0) is 13.1 Å². The van der Waals surface area contributed by atoms with Crippen LogP contribution in [0, 0.1) is 0 Å². The fourth-order valence-electron chi connectivity index (χ4n) is 3.44. The molecular formula is C23H20N2O4.